The standard InChI is InChI=1S/C14H23NO2/c1-4-5-6-7-11(2)15-12-8-9-14(17-3)13(16)10-12/h8-11,15-16H,4-7H2,1-3H3. The number of nitrogens with one attached hydrogen (secondary N) is 1. The molecular formula is C14H23NO2. The number of hydrogen-bond donors (Lipinski definition) is 2. The average molecular weight is 237 g/mol. The van der Waals surface area contributed by atoms with E-state index in [1.165, 1.54) is 19.3 Å². The second-order valence-electron chi connectivity index (χ2n) is 4.43. The van der Waals surface area contributed by atoms with E-state index in [2.05, 4.69) is 19.2 Å². The van der Waals surface area contributed by atoms with E-state index < -0.39 is 0 Å². The van der Waals surface area contributed by atoms with E-state index in [1.54, 1.807) is 19.2 Å². The Kier molecular flexibility index (Phi) is 5.67. The summed E-state index contributed by atoms with van der Waals surface area (Å²) in [6, 6.07) is 5.83. The molecule has 0 fully saturated rings. The first-order valence-corrected chi connectivity index (χ1v) is 6.31. The van der Waals surface area contributed by atoms with E-state index in [0.717, 1.165) is 12.1 Å². The summed E-state index contributed by atoms with van der Waals surface area (Å²) in [5.74, 6) is 0.687. The van der Waals surface area contributed by atoms with Crippen LogP contribution in [0.2, 0.25) is 0 Å². The van der Waals surface area contributed by atoms with Gasteiger partial charge >= 0.3 is 0 Å². The highest BCUT2D eigenvalue weighted by atomic mass is 16.5. The number of hydrogen-bond acceptors (Lipinski definition) is 3. The van der Waals surface area contributed by atoms with Crippen LogP contribution in [0.3, 0.4) is 0 Å². The Labute approximate surface area is 104 Å². The van der Waals surface area contributed by atoms with Crippen LogP contribution in [0.4, 0.5) is 5.69 Å². The number of unbranched alkanes of at least 4 members (excludes halogenated alkanes) is 2. The van der Waals surface area contributed by atoms with Crippen LogP contribution in [0.1, 0.15) is 39.5 Å². The molecule has 3 nitrogen and oxygen atoms in total. The van der Waals surface area contributed by atoms with Crippen LogP contribution in [-0.4, -0.2) is 18.3 Å². The lowest BCUT2D eigenvalue weighted by Gasteiger charge is -2.15. The van der Waals surface area contributed by atoms with Crippen molar-refractivity contribution in [2.24, 2.45) is 0 Å². The normalized spacial score (nSPS) is 12.2. The lowest BCUT2D eigenvalue weighted by atomic mass is 10.1. The molecule has 0 heterocycles. The van der Waals surface area contributed by atoms with Gasteiger partial charge in [-0.2, -0.15) is 0 Å². The Balaban J connectivity index is 2.48. The zero-order valence-electron chi connectivity index (χ0n) is 11.0. The molecular weight excluding hydrogens is 214 g/mol. The number of rotatable bonds is 7. The highest BCUT2D eigenvalue weighted by Crippen LogP contribution is 2.28. The maximum absolute atomic E-state index is 9.65. The minimum Gasteiger partial charge on any atom is -0.504 e. The van der Waals surface area contributed by atoms with Crippen molar-refractivity contribution in [2.45, 2.75) is 45.6 Å². The number of aromatic hydroxyl groups is 1. The van der Waals surface area contributed by atoms with Crippen LogP contribution in [0.5, 0.6) is 11.5 Å². The maximum Gasteiger partial charge on any atom is 0.160 e. The smallest absolute Gasteiger partial charge is 0.160 e. The van der Waals surface area contributed by atoms with E-state index >= 15 is 0 Å². The summed E-state index contributed by atoms with van der Waals surface area (Å²) in [7, 11) is 1.55. The number of phenolic OH excluding ortho intramolecular Hbond substituents is 1. The summed E-state index contributed by atoms with van der Waals surface area (Å²) in [4.78, 5) is 0. The predicted molar refractivity (Wildman–Crippen MR) is 71.9 cm³/mol. The van der Waals surface area contributed by atoms with Gasteiger partial charge in [-0.15, -0.1) is 0 Å². The van der Waals surface area contributed by atoms with Gasteiger partial charge in [0.1, 0.15) is 0 Å². The second-order valence-corrected chi connectivity index (χ2v) is 4.43. The van der Waals surface area contributed by atoms with Gasteiger partial charge in [-0.1, -0.05) is 26.2 Å². The van der Waals surface area contributed by atoms with Crippen molar-refractivity contribution in [1.82, 2.24) is 0 Å². The average Bonchev–Trinajstić information content (AvgIpc) is 2.29. The highest BCUT2D eigenvalue weighted by Gasteiger charge is 2.05. The van der Waals surface area contributed by atoms with Gasteiger partial charge in [0.25, 0.3) is 0 Å². The van der Waals surface area contributed by atoms with E-state index in [9.17, 15) is 5.11 Å². The summed E-state index contributed by atoms with van der Waals surface area (Å²) in [5.41, 5.74) is 0.937. The summed E-state index contributed by atoms with van der Waals surface area (Å²) in [5, 5.41) is 13.0. The number of benzene rings is 1. The lowest BCUT2D eigenvalue weighted by molar-refractivity contribution is 0.373. The van der Waals surface area contributed by atoms with Crippen LogP contribution in [-0.2, 0) is 0 Å². The number of anilines is 1. The van der Waals surface area contributed by atoms with Gasteiger partial charge in [0.05, 0.1) is 7.11 Å². The first kappa shape index (κ1) is 13.7. The molecule has 0 bridgehead atoms. The van der Waals surface area contributed by atoms with Crippen LogP contribution in [0.25, 0.3) is 0 Å². The lowest BCUT2D eigenvalue weighted by Crippen LogP contribution is -2.14. The molecule has 0 spiro atoms. The zero-order valence-corrected chi connectivity index (χ0v) is 11.0. The Morgan fingerprint density at radius 3 is 2.71 bits per heavy atom. The third-order valence-electron chi connectivity index (χ3n) is 2.83. The van der Waals surface area contributed by atoms with Gasteiger partial charge in [0.2, 0.25) is 0 Å². The Hall–Kier alpha value is -1.38. The summed E-state index contributed by atoms with van der Waals surface area (Å²) in [6.45, 7) is 4.37. The fourth-order valence-electron chi connectivity index (χ4n) is 1.84. The second kappa shape index (κ2) is 7.05. The molecule has 0 amide bonds. The highest BCUT2D eigenvalue weighted by molar-refractivity contribution is 5.54. The molecule has 96 valence electrons. The van der Waals surface area contributed by atoms with Gasteiger partial charge in [-0.05, 0) is 25.5 Å². The summed E-state index contributed by atoms with van der Waals surface area (Å²) >= 11 is 0. The predicted octanol–water partition coefficient (Wildman–Crippen LogP) is 3.78. The Morgan fingerprint density at radius 1 is 1.35 bits per heavy atom. The molecule has 0 radical (unpaired) electrons. The first-order chi connectivity index (χ1) is 8.17. The molecule has 1 aromatic carbocycles. The van der Waals surface area contributed by atoms with Crippen LogP contribution >= 0.6 is 0 Å². The van der Waals surface area contributed by atoms with E-state index in [1.807, 2.05) is 6.07 Å². The number of methoxy groups -OCH3 is 1. The van der Waals surface area contributed by atoms with Crippen molar-refractivity contribution in [2.75, 3.05) is 12.4 Å². The molecule has 1 aromatic rings. The summed E-state index contributed by atoms with van der Waals surface area (Å²) in [6.07, 6.45) is 4.92. The Morgan fingerprint density at radius 2 is 2.12 bits per heavy atom. The van der Waals surface area contributed by atoms with Crippen molar-refractivity contribution < 1.29 is 9.84 Å². The maximum atomic E-state index is 9.65. The fourth-order valence-corrected chi connectivity index (χ4v) is 1.84. The van der Waals surface area contributed by atoms with Gasteiger partial charge in [0, 0.05) is 17.8 Å². The molecule has 0 aromatic heterocycles. The molecule has 17 heavy (non-hydrogen) atoms. The third-order valence-corrected chi connectivity index (χ3v) is 2.83. The van der Waals surface area contributed by atoms with Crippen molar-refractivity contribution in [1.29, 1.82) is 0 Å². The topological polar surface area (TPSA) is 41.5 Å². The zero-order chi connectivity index (χ0) is 12.7. The molecule has 0 aliphatic rings. The van der Waals surface area contributed by atoms with E-state index in [-0.39, 0.29) is 5.75 Å². The van der Waals surface area contributed by atoms with Crippen molar-refractivity contribution in [3.63, 3.8) is 0 Å². The molecule has 1 unspecified atom stereocenters. The van der Waals surface area contributed by atoms with E-state index in [0.29, 0.717) is 11.8 Å². The molecule has 0 saturated heterocycles. The minimum atomic E-state index is 0.179. The number of phenols is 1. The molecule has 2 N–H and O–H groups in total. The van der Waals surface area contributed by atoms with Gasteiger partial charge < -0.3 is 15.2 Å². The van der Waals surface area contributed by atoms with Gasteiger partial charge in [0.15, 0.2) is 11.5 Å². The molecule has 0 aliphatic carbocycles. The third kappa shape index (κ3) is 4.55. The van der Waals surface area contributed by atoms with Crippen molar-refractivity contribution in [3.8, 4) is 11.5 Å². The fraction of sp³-hybridized carbons (Fsp3) is 0.571. The molecule has 1 atom stereocenters. The summed E-state index contributed by atoms with van der Waals surface area (Å²) < 4.78 is 5.01. The van der Waals surface area contributed by atoms with Crippen LogP contribution in [0, 0.1) is 0 Å². The van der Waals surface area contributed by atoms with Crippen molar-refractivity contribution >= 4 is 5.69 Å². The van der Waals surface area contributed by atoms with Crippen molar-refractivity contribution in [3.05, 3.63) is 18.2 Å². The first-order valence-electron chi connectivity index (χ1n) is 6.31. The van der Waals surface area contributed by atoms with Crippen LogP contribution < -0.4 is 10.1 Å². The molecule has 3 heteroatoms. The largest absolute Gasteiger partial charge is 0.504 e. The quantitative estimate of drug-likeness (QED) is 0.709. The molecule has 0 aliphatic heterocycles. The number of ether oxygens (including phenoxy) is 1. The minimum absolute atomic E-state index is 0.179. The SMILES string of the molecule is CCCCCC(C)Nc1ccc(OC)c(O)c1. The molecule has 0 saturated carbocycles. The van der Waals surface area contributed by atoms with Gasteiger partial charge in [-0.25, -0.2) is 0 Å². The van der Waals surface area contributed by atoms with E-state index in [4.69, 9.17) is 4.74 Å². The van der Waals surface area contributed by atoms with Crippen LogP contribution in [0.15, 0.2) is 18.2 Å². The molecule has 1 rings (SSSR count). The van der Waals surface area contributed by atoms with Gasteiger partial charge in [-0.3, -0.25) is 0 Å². The monoisotopic (exact) mass is 237 g/mol. The Bertz CT molecular complexity index is 339.